The predicted octanol–water partition coefficient (Wildman–Crippen LogP) is 4.82. The first-order valence-corrected chi connectivity index (χ1v) is 17.2. The van der Waals surface area contributed by atoms with Gasteiger partial charge in [-0.1, -0.05) is 60.7 Å². The summed E-state index contributed by atoms with van der Waals surface area (Å²) in [4.78, 5) is 37.7. The van der Waals surface area contributed by atoms with E-state index < -0.39 is 43.7 Å². The van der Waals surface area contributed by atoms with Crippen molar-refractivity contribution in [2.24, 2.45) is 4.99 Å². The van der Waals surface area contributed by atoms with E-state index in [2.05, 4.69) is 26.5 Å². The van der Waals surface area contributed by atoms with Crippen molar-refractivity contribution in [3.63, 3.8) is 0 Å². The third kappa shape index (κ3) is 7.60. The molecule has 6 rings (SSSR count). The van der Waals surface area contributed by atoms with Crippen molar-refractivity contribution in [3.05, 3.63) is 125 Å². The lowest BCUT2D eigenvalue weighted by atomic mass is 9.80. The molecule has 5 aromatic rings. The molecule has 0 amide bonds. The van der Waals surface area contributed by atoms with E-state index in [1.54, 1.807) is 20.3 Å². The molecule has 3 heterocycles. The lowest BCUT2D eigenvalue weighted by Gasteiger charge is -2.37. The Kier molecular flexibility index (Phi) is 11.0. The first-order valence-electron chi connectivity index (χ1n) is 16.0. The first-order chi connectivity index (χ1) is 24.7. The molecule has 4 atom stereocenters. The minimum Gasteiger partial charge on any atom is -0.862 e. The van der Waals surface area contributed by atoms with Gasteiger partial charge in [-0.3, -0.25) is 14.3 Å². The summed E-state index contributed by atoms with van der Waals surface area (Å²) in [5, 5.41) is 12.3. The van der Waals surface area contributed by atoms with Gasteiger partial charge in [0.1, 0.15) is 35.5 Å². The molecular formula is C36H36N5O9P. The lowest BCUT2D eigenvalue weighted by molar-refractivity contribution is -0.218. The molecule has 1 aliphatic rings. The van der Waals surface area contributed by atoms with Crippen LogP contribution in [0.4, 0.5) is 5.95 Å². The Morgan fingerprint density at radius 1 is 1.08 bits per heavy atom. The van der Waals surface area contributed by atoms with Gasteiger partial charge in [-0.25, -0.2) is 9.98 Å². The molecule has 0 radical (unpaired) electrons. The number of fused-ring (bicyclic) bond motifs is 1. The Morgan fingerprint density at radius 3 is 2.29 bits per heavy atom. The van der Waals surface area contributed by atoms with Gasteiger partial charge in [-0.15, -0.1) is 16.0 Å². The van der Waals surface area contributed by atoms with Gasteiger partial charge in [0.05, 0.1) is 27.2 Å². The van der Waals surface area contributed by atoms with Crippen LogP contribution in [0, 0.1) is 0 Å². The SMILES string of the molecule is C=CCCC([O-])=Nc1nc2c(ncn2[C@H]2C[C@H](O[P+](=O)O)[C@@H](COC(c3ccccc3)(c3ccc(OC)cc3)c3ccc(OC)cc3)O2)c(=O)[nH]1. The van der Waals surface area contributed by atoms with E-state index in [4.69, 9.17) is 23.5 Å². The van der Waals surface area contributed by atoms with Crippen molar-refractivity contribution in [2.45, 2.75) is 43.3 Å². The summed E-state index contributed by atoms with van der Waals surface area (Å²) in [6, 6.07) is 24.7. The fraction of sp³-hybridized carbons (Fsp3) is 0.278. The number of methoxy groups -OCH3 is 2. The molecule has 2 aromatic heterocycles. The topological polar surface area (TPSA) is 182 Å². The third-order valence-corrected chi connectivity index (χ3v) is 9.02. The molecule has 3 aromatic carbocycles. The highest BCUT2D eigenvalue weighted by Gasteiger charge is 2.46. The highest BCUT2D eigenvalue weighted by atomic mass is 31.1. The molecule has 0 aliphatic carbocycles. The molecule has 14 nitrogen and oxygen atoms in total. The van der Waals surface area contributed by atoms with Crippen molar-refractivity contribution in [2.75, 3.05) is 20.8 Å². The van der Waals surface area contributed by atoms with Crippen molar-refractivity contribution in [3.8, 4) is 11.5 Å². The molecule has 2 N–H and O–H groups in total. The van der Waals surface area contributed by atoms with Gasteiger partial charge in [0, 0.05) is 11.0 Å². The van der Waals surface area contributed by atoms with Crippen LogP contribution in [0.1, 0.15) is 42.2 Å². The van der Waals surface area contributed by atoms with Crippen LogP contribution in [0.2, 0.25) is 0 Å². The van der Waals surface area contributed by atoms with Crippen LogP contribution in [0.5, 0.6) is 11.5 Å². The zero-order chi connectivity index (χ0) is 36.0. The molecular weight excluding hydrogens is 677 g/mol. The number of nitrogens with one attached hydrogen (secondary N) is 1. The third-order valence-electron chi connectivity index (χ3n) is 8.57. The molecule has 51 heavy (non-hydrogen) atoms. The van der Waals surface area contributed by atoms with Crippen LogP contribution >= 0.6 is 8.25 Å². The quantitative estimate of drug-likeness (QED) is 0.0499. The summed E-state index contributed by atoms with van der Waals surface area (Å²) in [6.45, 7) is 3.50. The number of benzene rings is 3. The Bertz CT molecular complexity index is 2020. The molecule has 15 heteroatoms. The Morgan fingerprint density at radius 2 is 1.71 bits per heavy atom. The molecule has 0 spiro atoms. The monoisotopic (exact) mass is 713 g/mol. The number of allylic oxidation sites excluding steroid dienone is 1. The van der Waals surface area contributed by atoms with E-state index in [1.165, 1.54) is 10.9 Å². The normalized spacial score (nSPS) is 18.1. The maximum Gasteiger partial charge on any atom is 0.695 e. The standard InChI is InChI=1S/C36H36N5O9P/c1-4-5-11-30(42)38-35-39-33-32(34(43)40-35)37-22-41(33)31-20-28(50-51(44)45)29(49-31)21-48-36(23-9-7-6-8-10-23,24-12-16-26(46-2)17-13-24)25-14-18-27(47-3)19-15-25/h4,6-10,12-19,22,28-29,31H,1,5,11,20-21H2,2-3H3,(H2-,38,39,40,42,43,44,45)/t28-,29+,31+/m0/s1. The molecule has 1 unspecified atom stereocenters. The van der Waals surface area contributed by atoms with Gasteiger partial charge in [0.25, 0.3) is 5.56 Å². The van der Waals surface area contributed by atoms with Crippen LogP contribution in [0.15, 0.2) is 108 Å². The van der Waals surface area contributed by atoms with E-state index in [0.717, 1.165) is 16.7 Å². The number of imidazole rings is 1. The van der Waals surface area contributed by atoms with Gasteiger partial charge < -0.3 is 24.1 Å². The number of nitrogens with zero attached hydrogens (tertiary/aromatic N) is 4. The van der Waals surface area contributed by atoms with Crippen molar-refractivity contribution >= 4 is 31.3 Å². The number of H-pyrrole nitrogens is 1. The second-order valence-corrected chi connectivity index (χ2v) is 12.3. The fourth-order valence-corrected chi connectivity index (χ4v) is 6.56. The highest BCUT2D eigenvalue weighted by molar-refractivity contribution is 7.32. The zero-order valence-electron chi connectivity index (χ0n) is 27.9. The highest BCUT2D eigenvalue weighted by Crippen LogP contribution is 2.44. The maximum absolute atomic E-state index is 12.9. The molecule has 0 saturated carbocycles. The number of hydrogen-bond acceptors (Lipinski definition) is 11. The lowest BCUT2D eigenvalue weighted by Crippen LogP contribution is -2.38. The second-order valence-electron chi connectivity index (χ2n) is 11.6. The van der Waals surface area contributed by atoms with E-state index in [-0.39, 0.29) is 36.6 Å². The molecule has 264 valence electrons. The van der Waals surface area contributed by atoms with Crippen LogP contribution in [-0.2, 0) is 24.2 Å². The van der Waals surface area contributed by atoms with E-state index in [9.17, 15) is 19.4 Å². The Balaban J connectivity index is 1.38. The summed E-state index contributed by atoms with van der Waals surface area (Å²) in [6.07, 6.45) is 0.965. The smallest absolute Gasteiger partial charge is 0.695 e. The maximum atomic E-state index is 12.9. The van der Waals surface area contributed by atoms with Crippen molar-refractivity contribution < 1.29 is 38.0 Å². The van der Waals surface area contributed by atoms with Gasteiger partial charge in [-0.05, 0) is 59.7 Å². The summed E-state index contributed by atoms with van der Waals surface area (Å²) >= 11 is 0. The summed E-state index contributed by atoms with van der Waals surface area (Å²) < 4.78 is 43.3. The van der Waals surface area contributed by atoms with Gasteiger partial charge in [-0.2, -0.15) is 4.98 Å². The fourth-order valence-electron chi connectivity index (χ4n) is 6.11. The van der Waals surface area contributed by atoms with Crippen molar-refractivity contribution in [1.82, 2.24) is 19.5 Å². The number of rotatable bonds is 15. The summed E-state index contributed by atoms with van der Waals surface area (Å²) in [5.74, 6) is 0.664. The minimum absolute atomic E-state index is 0.00333. The second kappa shape index (κ2) is 15.8. The largest absolute Gasteiger partial charge is 0.862 e. The molecule has 1 aliphatic heterocycles. The van der Waals surface area contributed by atoms with Crippen LogP contribution in [0.3, 0.4) is 0 Å². The molecule has 0 bridgehead atoms. The van der Waals surface area contributed by atoms with E-state index in [1.807, 2.05) is 78.9 Å². The Labute approximate surface area is 294 Å². The molecule has 1 fully saturated rings. The van der Waals surface area contributed by atoms with Crippen LogP contribution in [-0.4, -0.2) is 63.3 Å². The Hall–Kier alpha value is -5.24. The van der Waals surface area contributed by atoms with Gasteiger partial charge in [0.2, 0.25) is 5.95 Å². The summed E-state index contributed by atoms with van der Waals surface area (Å²) in [7, 11) is 0.158. The van der Waals surface area contributed by atoms with E-state index in [0.29, 0.717) is 17.9 Å². The average Bonchev–Trinajstić information content (AvgIpc) is 3.75. The number of ether oxygens (including phenoxy) is 4. The number of aromatic amines is 1. The van der Waals surface area contributed by atoms with E-state index >= 15 is 0 Å². The minimum atomic E-state index is -3.02. The molecule has 1 saturated heterocycles. The van der Waals surface area contributed by atoms with Crippen LogP contribution < -0.4 is 20.1 Å². The van der Waals surface area contributed by atoms with Gasteiger partial charge >= 0.3 is 8.25 Å². The van der Waals surface area contributed by atoms with Crippen LogP contribution in [0.25, 0.3) is 11.2 Å². The number of hydrogen-bond donors (Lipinski definition) is 2. The first kappa shape index (κ1) is 35.6. The number of aromatic nitrogens is 4. The number of aliphatic imine (C=N–C) groups is 1. The summed E-state index contributed by atoms with van der Waals surface area (Å²) in [5.41, 5.74) is 0.698. The average molecular weight is 714 g/mol. The van der Waals surface area contributed by atoms with Gasteiger partial charge in [0.15, 0.2) is 11.2 Å². The van der Waals surface area contributed by atoms with Crippen molar-refractivity contribution in [1.29, 1.82) is 0 Å². The zero-order valence-corrected chi connectivity index (χ0v) is 28.8. The predicted molar refractivity (Wildman–Crippen MR) is 186 cm³/mol.